The van der Waals surface area contributed by atoms with E-state index in [2.05, 4.69) is 10.2 Å². The number of hydrogen-bond donors (Lipinski definition) is 1. The molecule has 9 heteroatoms. The maximum absolute atomic E-state index is 14.1. The minimum absolute atomic E-state index is 0.0479. The van der Waals surface area contributed by atoms with Crippen LogP contribution in [0.1, 0.15) is 63.4 Å². The number of rotatable bonds is 4. The molecule has 0 bridgehead atoms. The summed E-state index contributed by atoms with van der Waals surface area (Å²) in [5, 5.41) is 2.19. The SMILES string of the molecule is O=C1CCC(N2C(=O)c3ccc(CN4CCC(c5cccc(F)c5F)CC4)cc3C2=O)C(=O)N1. The lowest BCUT2D eigenvalue weighted by Crippen LogP contribution is -2.54. The zero-order valence-electron chi connectivity index (χ0n) is 18.4. The molecule has 0 spiro atoms. The van der Waals surface area contributed by atoms with E-state index in [1.54, 1.807) is 24.3 Å². The molecule has 0 aromatic heterocycles. The van der Waals surface area contributed by atoms with Gasteiger partial charge in [-0.25, -0.2) is 8.78 Å². The molecule has 2 aromatic rings. The zero-order valence-corrected chi connectivity index (χ0v) is 18.4. The molecular formula is C25H23F2N3O4. The summed E-state index contributed by atoms with van der Waals surface area (Å²) in [7, 11) is 0. The van der Waals surface area contributed by atoms with Crippen molar-refractivity contribution >= 4 is 23.6 Å². The largest absolute Gasteiger partial charge is 0.299 e. The van der Waals surface area contributed by atoms with E-state index >= 15 is 0 Å². The second kappa shape index (κ2) is 8.72. The summed E-state index contributed by atoms with van der Waals surface area (Å²) < 4.78 is 27.7. The average Bonchev–Trinajstić information content (AvgIpc) is 3.06. The van der Waals surface area contributed by atoms with Crippen LogP contribution in [-0.2, 0) is 16.1 Å². The van der Waals surface area contributed by atoms with Crippen molar-refractivity contribution < 1.29 is 28.0 Å². The Morgan fingerprint density at radius 1 is 0.912 bits per heavy atom. The minimum atomic E-state index is -0.990. The standard InChI is InChI=1S/C25H23F2N3O4/c26-19-3-1-2-16(22(19)27)15-8-10-29(11-9-15)13-14-4-5-17-18(12-14)25(34)30(24(17)33)20-6-7-21(31)28-23(20)32/h1-5,12,15,20H,6-11,13H2,(H,28,31,32). The summed E-state index contributed by atoms with van der Waals surface area (Å²) in [4.78, 5) is 52.6. The van der Waals surface area contributed by atoms with Gasteiger partial charge in [-0.1, -0.05) is 18.2 Å². The number of carbonyl (C=O) groups is 4. The molecule has 7 nitrogen and oxygen atoms in total. The van der Waals surface area contributed by atoms with E-state index in [4.69, 9.17) is 0 Å². The number of nitrogens with one attached hydrogen (secondary N) is 1. The highest BCUT2D eigenvalue weighted by Crippen LogP contribution is 2.32. The number of imide groups is 2. The Bertz CT molecular complexity index is 1210. The second-order valence-corrected chi connectivity index (χ2v) is 9.02. The average molecular weight is 467 g/mol. The fraction of sp³-hybridized carbons (Fsp3) is 0.360. The van der Waals surface area contributed by atoms with Gasteiger partial charge in [0.15, 0.2) is 11.6 Å². The van der Waals surface area contributed by atoms with Gasteiger partial charge in [-0.3, -0.25) is 34.3 Å². The molecule has 2 fully saturated rings. The maximum Gasteiger partial charge on any atom is 0.262 e. The van der Waals surface area contributed by atoms with Gasteiger partial charge in [0.1, 0.15) is 6.04 Å². The van der Waals surface area contributed by atoms with Crippen LogP contribution >= 0.6 is 0 Å². The third-order valence-electron chi connectivity index (χ3n) is 6.92. The first kappa shape index (κ1) is 22.3. The summed E-state index contributed by atoms with van der Waals surface area (Å²) in [5.41, 5.74) is 1.76. The van der Waals surface area contributed by atoms with Crippen LogP contribution < -0.4 is 5.32 Å². The molecule has 1 unspecified atom stereocenters. The van der Waals surface area contributed by atoms with Crippen molar-refractivity contribution in [2.45, 2.75) is 44.2 Å². The summed E-state index contributed by atoms with van der Waals surface area (Å²) >= 11 is 0. The number of fused-ring (bicyclic) bond motifs is 1. The summed E-state index contributed by atoms with van der Waals surface area (Å²) in [5.74, 6) is -3.76. The van der Waals surface area contributed by atoms with Crippen LogP contribution in [0.15, 0.2) is 36.4 Å². The highest BCUT2D eigenvalue weighted by Gasteiger charge is 2.44. The normalized spacial score (nSPS) is 21.7. The molecular weight excluding hydrogens is 444 g/mol. The quantitative estimate of drug-likeness (QED) is 0.699. The van der Waals surface area contributed by atoms with E-state index in [9.17, 15) is 28.0 Å². The minimum Gasteiger partial charge on any atom is -0.299 e. The summed E-state index contributed by atoms with van der Waals surface area (Å²) in [6.07, 6.45) is 1.56. The summed E-state index contributed by atoms with van der Waals surface area (Å²) in [6.45, 7) is 1.92. The predicted octanol–water partition coefficient (Wildman–Crippen LogP) is 2.75. The number of hydrogen-bond acceptors (Lipinski definition) is 5. The number of likely N-dealkylation sites (tertiary alicyclic amines) is 1. The molecule has 1 N–H and O–H groups in total. The Hall–Kier alpha value is -3.46. The molecule has 3 aliphatic rings. The highest BCUT2D eigenvalue weighted by atomic mass is 19.2. The van der Waals surface area contributed by atoms with Gasteiger partial charge in [0.05, 0.1) is 11.1 Å². The fourth-order valence-electron chi connectivity index (χ4n) is 5.11. The Labute approximate surface area is 194 Å². The van der Waals surface area contributed by atoms with Crippen LogP contribution in [-0.4, -0.2) is 52.6 Å². The smallest absolute Gasteiger partial charge is 0.262 e. The predicted molar refractivity (Wildman–Crippen MR) is 117 cm³/mol. The molecule has 34 heavy (non-hydrogen) atoms. The monoisotopic (exact) mass is 467 g/mol. The number of nitrogens with zero attached hydrogens (tertiary/aromatic N) is 2. The van der Waals surface area contributed by atoms with Crippen molar-refractivity contribution in [3.8, 4) is 0 Å². The van der Waals surface area contributed by atoms with E-state index in [-0.39, 0.29) is 29.9 Å². The molecule has 4 amide bonds. The molecule has 3 aliphatic heterocycles. The second-order valence-electron chi connectivity index (χ2n) is 9.02. The molecule has 176 valence electrons. The van der Waals surface area contributed by atoms with Crippen LogP contribution in [0, 0.1) is 11.6 Å². The summed E-state index contributed by atoms with van der Waals surface area (Å²) in [6, 6.07) is 8.37. The Morgan fingerprint density at radius 2 is 1.65 bits per heavy atom. The van der Waals surface area contributed by atoms with Crippen LogP contribution in [0.3, 0.4) is 0 Å². The zero-order chi connectivity index (χ0) is 24.0. The van der Waals surface area contributed by atoms with Crippen molar-refractivity contribution in [3.05, 3.63) is 70.3 Å². The molecule has 1 atom stereocenters. The van der Waals surface area contributed by atoms with Gasteiger partial charge in [0.25, 0.3) is 11.8 Å². The van der Waals surface area contributed by atoms with Crippen LogP contribution in [0.25, 0.3) is 0 Å². The lowest BCUT2D eigenvalue weighted by Gasteiger charge is -2.32. The number of piperidine rings is 2. The fourth-order valence-corrected chi connectivity index (χ4v) is 5.11. The van der Waals surface area contributed by atoms with Gasteiger partial charge >= 0.3 is 0 Å². The van der Waals surface area contributed by atoms with Gasteiger partial charge in [-0.2, -0.15) is 0 Å². The van der Waals surface area contributed by atoms with Gasteiger partial charge in [0.2, 0.25) is 11.8 Å². The van der Waals surface area contributed by atoms with Crippen LogP contribution in [0.4, 0.5) is 8.78 Å². The lowest BCUT2D eigenvalue weighted by atomic mass is 9.89. The first-order valence-corrected chi connectivity index (χ1v) is 11.3. The Balaban J connectivity index is 1.26. The third-order valence-corrected chi connectivity index (χ3v) is 6.92. The molecule has 0 saturated carbocycles. The number of amides is 4. The van der Waals surface area contributed by atoms with Gasteiger partial charge < -0.3 is 0 Å². The molecule has 3 heterocycles. The lowest BCUT2D eigenvalue weighted by molar-refractivity contribution is -0.136. The van der Waals surface area contributed by atoms with Crippen LogP contribution in [0.2, 0.25) is 0 Å². The van der Waals surface area contributed by atoms with Crippen molar-refractivity contribution in [2.75, 3.05) is 13.1 Å². The highest BCUT2D eigenvalue weighted by molar-refractivity contribution is 6.23. The molecule has 2 aromatic carbocycles. The van der Waals surface area contributed by atoms with Crippen molar-refractivity contribution in [3.63, 3.8) is 0 Å². The number of carbonyl (C=O) groups excluding carboxylic acids is 4. The Morgan fingerprint density at radius 3 is 2.38 bits per heavy atom. The molecule has 5 rings (SSSR count). The van der Waals surface area contributed by atoms with Crippen molar-refractivity contribution in [2.24, 2.45) is 0 Å². The molecule has 0 aliphatic carbocycles. The van der Waals surface area contributed by atoms with E-state index in [1.807, 2.05) is 0 Å². The van der Waals surface area contributed by atoms with Crippen molar-refractivity contribution in [1.29, 1.82) is 0 Å². The van der Waals surface area contributed by atoms with Gasteiger partial charge in [-0.05, 0) is 67.6 Å². The Kier molecular flexibility index (Phi) is 5.73. The van der Waals surface area contributed by atoms with E-state index in [0.717, 1.165) is 16.5 Å². The molecule has 0 radical (unpaired) electrons. The van der Waals surface area contributed by atoms with Crippen molar-refractivity contribution in [1.82, 2.24) is 15.1 Å². The maximum atomic E-state index is 14.1. The molecule has 2 saturated heterocycles. The topological polar surface area (TPSA) is 86.8 Å². The van der Waals surface area contributed by atoms with Gasteiger partial charge in [-0.15, -0.1) is 0 Å². The van der Waals surface area contributed by atoms with Gasteiger partial charge in [0, 0.05) is 13.0 Å². The first-order chi connectivity index (χ1) is 16.3. The number of halogens is 2. The number of benzene rings is 2. The van der Waals surface area contributed by atoms with E-state index in [0.29, 0.717) is 38.0 Å². The van der Waals surface area contributed by atoms with E-state index < -0.39 is 41.3 Å². The van der Waals surface area contributed by atoms with Crippen LogP contribution in [0.5, 0.6) is 0 Å². The third kappa shape index (κ3) is 3.90. The van der Waals surface area contributed by atoms with E-state index in [1.165, 1.54) is 6.07 Å². The first-order valence-electron chi connectivity index (χ1n) is 11.3.